The van der Waals surface area contributed by atoms with Crippen LogP contribution in [0.5, 0.6) is 0 Å². The Morgan fingerprint density at radius 3 is 2.46 bits per heavy atom. The van der Waals surface area contributed by atoms with Gasteiger partial charge in [0, 0.05) is 6.20 Å². The highest BCUT2D eigenvalue weighted by Gasteiger charge is 2.33. The summed E-state index contributed by atoms with van der Waals surface area (Å²) in [6.45, 7) is 4.88. The van der Waals surface area contributed by atoms with Gasteiger partial charge < -0.3 is 10.4 Å². The number of aliphatic carboxylic acids is 1. The molecule has 2 aromatic rings. The van der Waals surface area contributed by atoms with Crippen molar-refractivity contribution < 1.29 is 27.9 Å². The molecule has 0 radical (unpaired) electrons. The van der Waals surface area contributed by atoms with E-state index in [1.165, 1.54) is 0 Å². The first-order valence-corrected chi connectivity index (χ1v) is 8.16. The number of carboxylic acid groups (broad SMARTS) is 1. The van der Waals surface area contributed by atoms with Crippen molar-refractivity contribution in [2.24, 2.45) is 5.92 Å². The van der Waals surface area contributed by atoms with Gasteiger partial charge in [-0.1, -0.05) is 32.4 Å². The zero-order chi connectivity index (χ0) is 19.8. The van der Waals surface area contributed by atoms with E-state index >= 15 is 0 Å². The van der Waals surface area contributed by atoms with Crippen molar-refractivity contribution >= 4 is 29.1 Å². The second-order valence-electron chi connectivity index (χ2n) is 6.06. The molecule has 10 heteroatoms. The van der Waals surface area contributed by atoms with E-state index in [1.807, 2.05) is 0 Å². The first-order chi connectivity index (χ1) is 12.0. The number of rotatable bonds is 5. The number of alkyl halides is 3. The third-order valence-electron chi connectivity index (χ3n) is 3.84. The molecule has 1 amide bonds. The van der Waals surface area contributed by atoms with Crippen molar-refractivity contribution in [3.63, 3.8) is 0 Å². The number of nitrogens with zero attached hydrogens (tertiary/aromatic N) is 2. The van der Waals surface area contributed by atoms with E-state index in [0.29, 0.717) is 0 Å². The Morgan fingerprint density at radius 1 is 1.38 bits per heavy atom. The number of halogens is 4. The molecule has 2 heterocycles. The lowest BCUT2D eigenvalue weighted by atomic mass is 10.0. The number of hydrogen-bond donors (Lipinski definition) is 2. The summed E-state index contributed by atoms with van der Waals surface area (Å²) in [5.41, 5.74) is -0.986. The fourth-order valence-electron chi connectivity index (χ4n) is 2.52. The van der Waals surface area contributed by atoms with Crippen LogP contribution in [0.1, 0.15) is 42.5 Å². The predicted octanol–water partition coefficient (Wildman–Crippen LogP) is 3.41. The van der Waals surface area contributed by atoms with Gasteiger partial charge in [0.15, 0.2) is 5.65 Å². The summed E-state index contributed by atoms with van der Waals surface area (Å²) in [5, 5.41) is 11.3. The minimum Gasteiger partial charge on any atom is -0.480 e. The van der Waals surface area contributed by atoms with E-state index in [4.69, 9.17) is 11.6 Å². The molecular weight excluding hydrogens is 375 g/mol. The molecule has 0 aromatic carbocycles. The quantitative estimate of drug-likeness (QED) is 0.818. The summed E-state index contributed by atoms with van der Waals surface area (Å²) in [4.78, 5) is 28.1. The van der Waals surface area contributed by atoms with Crippen LogP contribution in [0.4, 0.5) is 13.2 Å². The smallest absolute Gasteiger partial charge is 0.417 e. The molecule has 0 aliphatic rings. The molecule has 26 heavy (non-hydrogen) atoms. The van der Waals surface area contributed by atoms with Crippen molar-refractivity contribution in [2.75, 3.05) is 0 Å². The SMILES string of the molecule is CCc1nc2c(Cl)cc(C(F)(F)F)cn2c1C(=O)NC(C(=O)O)C(C)C. The second-order valence-corrected chi connectivity index (χ2v) is 6.47. The molecule has 0 aliphatic carbocycles. The Kier molecular flexibility index (Phi) is 5.50. The van der Waals surface area contributed by atoms with Gasteiger partial charge in [-0.2, -0.15) is 13.2 Å². The zero-order valence-corrected chi connectivity index (χ0v) is 14.9. The molecule has 0 aliphatic heterocycles. The van der Waals surface area contributed by atoms with Crippen molar-refractivity contribution in [1.29, 1.82) is 0 Å². The second kappa shape index (κ2) is 7.14. The number of amides is 1. The number of hydrogen-bond acceptors (Lipinski definition) is 3. The Bertz CT molecular complexity index is 862. The molecule has 1 unspecified atom stereocenters. The van der Waals surface area contributed by atoms with Crippen LogP contribution in [0.2, 0.25) is 5.02 Å². The highest BCUT2D eigenvalue weighted by Crippen LogP contribution is 2.33. The largest absolute Gasteiger partial charge is 0.480 e. The van der Waals surface area contributed by atoms with Crippen LogP contribution in [0.15, 0.2) is 12.3 Å². The molecule has 2 N–H and O–H groups in total. The summed E-state index contributed by atoms with van der Waals surface area (Å²) in [5.74, 6) is -2.49. The van der Waals surface area contributed by atoms with E-state index in [9.17, 15) is 27.9 Å². The number of carbonyl (C=O) groups is 2. The average Bonchev–Trinajstić information content (AvgIpc) is 2.90. The van der Waals surface area contributed by atoms with Crippen LogP contribution in [0.3, 0.4) is 0 Å². The van der Waals surface area contributed by atoms with Gasteiger partial charge in [-0.3, -0.25) is 9.20 Å². The Hall–Kier alpha value is -2.29. The highest BCUT2D eigenvalue weighted by molar-refractivity contribution is 6.33. The van der Waals surface area contributed by atoms with Gasteiger partial charge in [-0.15, -0.1) is 0 Å². The van der Waals surface area contributed by atoms with E-state index in [0.717, 1.165) is 16.7 Å². The maximum Gasteiger partial charge on any atom is 0.417 e. The first-order valence-electron chi connectivity index (χ1n) is 7.78. The normalized spacial score (nSPS) is 13.2. The molecular formula is C16H17ClF3N3O3. The van der Waals surface area contributed by atoms with Crippen molar-refractivity contribution in [1.82, 2.24) is 14.7 Å². The summed E-state index contributed by atoms with van der Waals surface area (Å²) in [6.07, 6.45) is -3.68. The lowest BCUT2D eigenvalue weighted by molar-refractivity contribution is -0.140. The minimum absolute atomic E-state index is 0.00177. The average molecular weight is 392 g/mol. The monoisotopic (exact) mass is 391 g/mol. The number of aromatic nitrogens is 2. The maximum atomic E-state index is 13.1. The Morgan fingerprint density at radius 2 is 2.00 bits per heavy atom. The number of imidazole rings is 1. The highest BCUT2D eigenvalue weighted by atomic mass is 35.5. The van der Waals surface area contributed by atoms with Crippen LogP contribution >= 0.6 is 11.6 Å². The molecule has 0 saturated heterocycles. The maximum absolute atomic E-state index is 13.1. The minimum atomic E-state index is -4.66. The van der Waals surface area contributed by atoms with Crippen molar-refractivity contribution in [2.45, 2.75) is 39.4 Å². The van der Waals surface area contributed by atoms with Crippen molar-refractivity contribution in [3.8, 4) is 0 Å². The van der Waals surface area contributed by atoms with Crippen LogP contribution < -0.4 is 5.32 Å². The van der Waals surface area contributed by atoms with Crippen LogP contribution in [0.25, 0.3) is 5.65 Å². The topological polar surface area (TPSA) is 83.7 Å². The molecule has 0 fully saturated rings. The Labute approximate surface area is 152 Å². The van der Waals surface area contributed by atoms with E-state index in [1.54, 1.807) is 20.8 Å². The van der Waals surface area contributed by atoms with E-state index in [2.05, 4.69) is 10.3 Å². The fraction of sp³-hybridized carbons (Fsp3) is 0.438. The molecule has 0 saturated carbocycles. The first kappa shape index (κ1) is 20.0. The third kappa shape index (κ3) is 3.77. The molecule has 2 aromatic heterocycles. The van der Waals surface area contributed by atoms with Crippen LogP contribution in [-0.4, -0.2) is 32.4 Å². The third-order valence-corrected chi connectivity index (χ3v) is 4.12. The number of pyridine rings is 1. The summed E-state index contributed by atoms with van der Waals surface area (Å²) in [6, 6.07) is -0.460. The number of carboxylic acids is 1. The van der Waals surface area contributed by atoms with Gasteiger partial charge >= 0.3 is 12.1 Å². The molecule has 6 nitrogen and oxygen atoms in total. The lowest BCUT2D eigenvalue weighted by Gasteiger charge is -2.18. The summed E-state index contributed by atoms with van der Waals surface area (Å²) in [7, 11) is 0. The predicted molar refractivity (Wildman–Crippen MR) is 88.3 cm³/mol. The molecule has 1 atom stereocenters. The van der Waals surface area contributed by atoms with Gasteiger partial charge in [0.25, 0.3) is 5.91 Å². The molecule has 2 rings (SSSR count). The molecule has 0 spiro atoms. The standard InChI is InChI=1S/C16H17ClF3N3O3/c1-4-10-12(14(24)22-11(7(2)3)15(25)26)23-6-8(16(18,19)20)5-9(17)13(23)21-10/h5-7,11H,4H2,1-3H3,(H,22,24)(H,25,26). The van der Waals surface area contributed by atoms with Gasteiger partial charge in [-0.25, -0.2) is 9.78 Å². The summed E-state index contributed by atoms with van der Waals surface area (Å²) >= 11 is 5.91. The number of aryl methyl sites for hydroxylation is 1. The van der Waals surface area contributed by atoms with Gasteiger partial charge in [-0.05, 0) is 18.4 Å². The van der Waals surface area contributed by atoms with Crippen LogP contribution in [0, 0.1) is 5.92 Å². The van der Waals surface area contributed by atoms with Gasteiger partial charge in [0.05, 0.1) is 16.3 Å². The lowest BCUT2D eigenvalue weighted by Crippen LogP contribution is -2.44. The number of fused-ring (bicyclic) bond motifs is 1. The molecule has 0 bridgehead atoms. The summed E-state index contributed by atoms with van der Waals surface area (Å²) < 4.78 is 40.2. The van der Waals surface area contributed by atoms with Crippen LogP contribution in [-0.2, 0) is 17.4 Å². The van der Waals surface area contributed by atoms with E-state index in [-0.39, 0.29) is 28.5 Å². The van der Waals surface area contributed by atoms with Gasteiger partial charge in [0.2, 0.25) is 0 Å². The van der Waals surface area contributed by atoms with Gasteiger partial charge in [0.1, 0.15) is 11.7 Å². The fourth-order valence-corrected chi connectivity index (χ4v) is 2.77. The van der Waals surface area contributed by atoms with Crippen molar-refractivity contribution in [3.05, 3.63) is 34.2 Å². The number of carbonyl (C=O) groups excluding carboxylic acids is 1. The zero-order valence-electron chi connectivity index (χ0n) is 14.2. The molecule has 142 valence electrons. The van der Waals surface area contributed by atoms with E-state index < -0.39 is 35.6 Å². The number of nitrogens with one attached hydrogen (secondary N) is 1. The Balaban J connectivity index is 2.62.